The summed E-state index contributed by atoms with van der Waals surface area (Å²) in [6, 6.07) is 13.8. The Kier molecular flexibility index (Phi) is 7.72. The first-order chi connectivity index (χ1) is 14.9. The van der Waals surface area contributed by atoms with E-state index in [9.17, 15) is 9.65 Å². The molecule has 0 unspecified atom stereocenters. The van der Waals surface area contributed by atoms with Gasteiger partial charge in [0.2, 0.25) is 0 Å². The van der Waals surface area contributed by atoms with Gasteiger partial charge in [0.25, 0.3) is 0 Å². The summed E-state index contributed by atoms with van der Waals surface area (Å²) in [5, 5.41) is 13.5. The standard InChI is InChI=1S/C23H22ClFN4OS/c1-14(2)10-11-31-23-28-21(15-4-7-17(30-3)8-5-15)18(13-26)22(29-23)27-16-6-9-20(25)19(24)12-16/h4-9,12,14H,10-11H2,1-3H3,(H,27,28,29). The third kappa shape index (κ3) is 5.87. The Morgan fingerprint density at radius 1 is 1.19 bits per heavy atom. The third-order valence-corrected chi connectivity index (χ3v) is 5.64. The van der Waals surface area contributed by atoms with Crippen molar-refractivity contribution in [3.63, 3.8) is 0 Å². The Morgan fingerprint density at radius 3 is 2.55 bits per heavy atom. The van der Waals surface area contributed by atoms with E-state index >= 15 is 0 Å². The molecule has 0 aliphatic carbocycles. The number of nitriles is 1. The van der Waals surface area contributed by atoms with Gasteiger partial charge in [0.05, 0.1) is 17.8 Å². The van der Waals surface area contributed by atoms with Crippen molar-refractivity contribution in [1.29, 1.82) is 5.26 Å². The van der Waals surface area contributed by atoms with E-state index in [1.54, 1.807) is 13.2 Å². The highest BCUT2D eigenvalue weighted by Crippen LogP contribution is 2.32. The molecule has 0 spiro atoms. The van der Waals surface area contributed by atoms with E-state index < -0.39 is 5.82 Å². The molecule has 2 aromatic carbocycles. The third-order valence-electron chi connectivity index (χ3n) is 4.47. The van der Waals surface area contributed by atoms with Crippen LogP contribution in [0, 0.1) is 23.1 Å². The molecule has 160 valence electrons. The number of anilines is 2. The van der Waals surface area contributed by atoms with E-state index in [1.165, 1.54) is 23.9 Å². The molecule has 0 atom stereocenters. The van der Waals surface area contributed by atoms with Gasteiger partial charge in [0.1, 0.15) is 23.2 Å². The van der Waals surface area contributed by atoms with Crippen LogP contribution in [0.25, 0.3) is 11.3 Å². The Morgan fingerprint density at radius 2 is 1.94 bits per heavy atom. The fourth-order valence-electron chi connectivity index (χ4n) is 2.76. The molecular formula is C23H22ClFN4OS. The molecule has 0 amide bonds. The van der Waals surface area contributed by atoms with Gasteiger partial charge < -0.3 is 10.1 Å². The zero-order valence-corrected chi connectivity index (χ0v) is 19.0. The van der Waals surface area contributed by atoms with Crippen molar-refractivity contribution < 1.29 is 9.13 Å². The summed E-state index contributed by atoms with van der Waals surface area (Å²) in [6.07, 6.45) is 1.02. The molecular weight excluding hydrogens is 435 g/mol. The lowest BCUT2D eigenvalue weighted by atomic mass is 10.1. The summed E-state index contributed by atoms with van der Waals surface area (Å²) in [7, 11) is 1.60. The second-order valence-electron chi connectivity index (χ2n) is 7.20. The quantitative estimate of drug-likeness (QED) is 0.300. The molecule has 1 N–H and O–H groups in total. The SMILES string of the molecule is COc1ccc(-c2nc(SCCC(C)C)nc(Nc3ccc(F)c(Cl)c3)c2C#N)cc1. The smallest absolute Gasteiger partial charge is 0.190 e. The maximum Gasteiger partial charge on any atom is 0.190 e. The van der Waals surface area contributed by atoms with E-state index in [4.69, 9.17) is 16.3 Å². The Bertz CT molecular complexity index is 1100. The summed E-state index contributed by atoms with van der Waals surface area (Å²) in [4.78, 5) is 9.23. The number of hydrogen-bond acceptors (Lipinski definition) is 6. The zero-order valence-electron chi connectivity index (χ0n) is 17.4. The second kappa shape index (κ2) is 10.5. The summed E-state index contributed by atoms with van der Waals surface area (Å²) in [6.45, 7) is 4.32. The Hall–Kier alpha value is -2.82. The number of benzene rings is 2. The highest BCUT2D eigenvalue weighted by atomic mass is 35.5. The van der Waals surface area contributed by atoms with Crippen molar-refractivity contribution in [2.45, 2.75) is 25.4 Å². The lowest BCUT2D eigenvalue weighted by Crippen LogP contribution is -2.04. The minimum Gasteiger partial charge on any atom is -0.497 e. The number of rotatable bonds is 8. The van der Waals surface area contributed by atoms with Crippen LogP contribution in [-0.2, 0) is 0 Å². The number of aromatic nitrogens is 2. The number of methoxy groups -OCH3 is 1. The average Bonchev–Trinajstić information content (AvgIpc) is 2.76. The molecule has 31 heavy (non-hydrogen) atoms. The topological polar surface area (TPSA) is 70.8 Å². The fourth-order valence-corrected chi connectivity index (χ4v) is 4.02. The molecule has 3 rings (SSSR count). The molecule has 0 radical (unpaired) electrons. The first-order valence-electron chi connectivity index (χ1n) is 9.72. The van der Waals surface area contributed by atoms with Crippen LogP contribution in [0.2, 0.25) is 5.02 Å². The van der Waals surface area contributed by atoms with Crippen LogP contribution >= 0.6 is 23.4 Å². The van der Waals surface area contributed by atoms with Gasteiger partial charge >= 0.3 is 0 Å². The molecule has 0 bridgehead atoms. The van der Waals surface area contributed by atoms with Gasteiger partial charge in [-0.2, -0.15) is 5.26 Å². The number of nitrogens with one attached hydrogen (secondary N) is 1. The van der Waals surface area contributed by atoms with Crippen LogP contribution in [0.3, 0.4) is 0 Å². The van der Waals surface area contributed by atoms with E-state index in [0.717, 1.165) is 17.7 Å². The van der Waals surface area contributed by atoms with Gasteiger partial charge in [-0.05, 0) is 54.8 Å². The predicted molar refractivity (Wildman–Crippen MR) is 124 cm³/mol. The largest absolute Gasteiger partial charge is 0.497 e. The van der Waals surface area contributed by atoms with Crippen LogP contribution in [0.15, 0.2) is 47.6 Å². The van der Waals surface area contributed by atoms with E-state index in [2.05, 4.69) is 35.2 Å². The first-order valence-corrected chi connectivity index (χ1v) is 11.1. The molecule has 8 heteroatoms. The highest BCUT2D eigenvalue weighted by Gasteiger charge is 2.17. The van der Waals surface area contributed by atoms with Crippen LogP contribution in [0.4, 0.5) is 15.9 Å². The van der Waals surface area contributed by atoms with Gasteiger partial charge in [-0.3, -0.25) is 0 Å². The molecule has 0 fully saturated rings. The second-order valence-corrected chi connectivity index (χ2v) is 8.67. The Labute approximate surface area is 190 Å². The molecule has 0 saturated heterocycles. The van der Waals surface area contributed by atoms with Crippen molar-refractivity contribution in [3.05, 3.63) is 58.9 Å². The molecule has 0 aliphatic rings. The van der Waals surface area contributed by atoms with Crippen molar-refractivity contribution in [2.24, 2.45) is 5.92 Å². The molecule has 5 nitrogen and oxygen atoms in total. The predicted octanol–water partition coefficient (Wildman–Crippen LogP) is 6.70. The highest BCUT2D eigenvalue weighted by molar-refractivity contribution is 7.99. The average molecular weight is 457 g/mol. The van der Waals surface area contributed by atoms with E-state index in [-0.39, 0.29) is 5.02 Å². The van der Waals surface area contributed by atoms with Gasteiger partial charge in [0, 0.05) is 17.0 Å². The molecule has 3 aromatic rings. The summed E-state index contributed by atoms with van der Waals surface area (Å²) < 4.78 is 18.8. The Balaban J connectivity index is 2.05. The summed E-state index contributed by atoms with van der Waals surface area (Å²) in [5.74, 6) is 1.96. The lowest BCUT2D eigenvalue weighted by Gasteiger charge is -2.14. The van der Waals surface area contributed by atoms with Crippen LogP contribution in [-0.4, -0.2) is 22.8 Å². The molecule has 1 aromatic heterocycles. The molecule has 1 heterocycles. The maximum atomic E-state index is 13.5. The minimum absolute atomic E-state index is 0.0144. The van der Waals surface area contributed by atoms with Crippen LogP contribution in [0.1, 0.15) is 25.8 Å². The first kappa shape index (κ1) is 22.9. The lowest BCUT2D eigenvalue weighted by molar-refractivity contribution is 0.415. The summed E-state index contributed by atoms with van der Waals surface area (Å²) in [5.41, 5.74) is 2.10. The maximum absolute atomic E-state index is 13.5. The number of hydrogen-bond donors (Lipinski definition) is 1. The molecule has 0 saturated carbocycles. The van der Waals surface area contributed by atoms with Crippen LogP contribution < -0.4 is 10.1 Å². The van der Waals surface area contributed by atoms with E-state index in [1.807, 2.05) is 24.3 Å². The monoisotopic (exact) mass is 456 g/mol. The van der Waals surface area contributed by atoms with Crippen LogP contribution in [0.5, 0.6) is 5.75 Å². The van der Waals surface area contributed by atoms with E-state index in [0.29, 0.717) is 39.6 Å². The normalized spacial score (nSPS) is 10.7. The number of halogens is 2. The number of thioether (sulfide) groups is 1. The van der Waals surface area contributed by atoms with Crippen molar-refractivity contribution >= 4 is 34.9 Å². The van der Waals surface area contributed by atoms with Gasteiger partial charge in [-0.25, -0.2) is 14.4 Å². The molecule has 0 aliphatic heterocycles. The van der Waals surface area contributed by atoms with Gasteiger partial charge in [-0.15, -0.1) is 0 Å². The zero-order chi connectivity index (χ0) is 22.4. The number of nitrogens with zero attached hydrogens (tertiary/aromatic N) is 3. The number of ether oxygens (including phenoxy) is 1. The van der Waals surface area contributed by atoms with Crippen molar-refractivity contribution in [3.8, 4) is 23.1 Å². The van der Waals surface area contributed by atoms with Crippen molar-refractivity contribution in [2.75, 3.05) is 18.2 Å². The minimum atomic E-state index is -0.515. The van der Waals surface area contributed by atoms with Crippen molar-refractivity contribution in [1.82, 2.24) is 9.97 Å². The summed E-state index contributed by atoms with van der Waals surface area (Å²) >= 11 is 7.44. The fraction of sp³-hybridized carbons (Fsp3) is 0.261. The van der Waals surface area contributed by atoms with Gasteiger partial charge in [0.15, 0.2) is 11.0 Å². The van der Waals surface area contributed by atoms with Gasteiger partial charge in [-0.1, -0.05) is 37.2 Å².